The number of hydrogen-bond acceptors (Lipinski definition) is 5. The lowest BCUT2D eigenvalue weighted by Gasteiger charge is -1.99. The molecule has 84 valence electrons. The minimum absolute atomic E-state index is 0.263. The van der Waals surface area contributed by atoms with E-state index in [0.717, 1.165) is 24.3 Å². The Morgan fingerprint density at radius 3 is 3.06 bits per heavy atom. The Morgan fingerprint density at radius 1 is 1.56 bits per heavy atom. The van der Waals surface area contributed by atoms with Gasteiger partial charge < -0.3 is 10.4 Å². The molecule has 16 heavy (non-hydrogen) atoms. The monoisotopic (exact) mass is 254 g/mol. The molecular weight excluding hydrogens is 244 g/mol. The van der Waals surface area contributed by atoms with Crippen molar-refractivity contribution >= 4 is 33.8 Å². The number of nitrogens with zero attached hydrogens (tertiary/aromatic N) is 1. The summed E-state index contributed by atoms with van der Waals surface area (Å²) in [5.41, 5.74) is 0. The summed E-state index contributed by atoms with van der Waals surface area (Å²) in [6.07, 6.45) is 2.31. The van der Waals surface area contributed by atoms with Gasteiger partial charge >= 0.3 is 5.97 Å². The quantitative estimate of drug-likeness (QED) is 0.860. The molecule has 2 aromatic heterocycles. The second-order valence-corrected chi connectivity index (χ2v) is 5.15. The SMILES string of the molecule is O=C(O)c1cnc(NCCc2cccs2)s1. The van der Waals surface area contributed by atoms with Crippen LogP contribution >= 0.6 is 22.7 Å². The highest BCUT2D eigenvalue weighted by Crippen LogP contribution is 2.18. The van der Waals surface area contributed by atoms with Gasteiger partial charge in [0, 0.05) is 11.4 Å². The molecule has 0 amide bonds. The summed E-state index contributed by atoms with van der Waals surface area (Å²) in [6.45, 7) is 0.771. The average molecular weight is 254 g/mol. The van der Waals surface area contributed by atoms with Crippen LogP contribution in [0.15, 0.2) is 23.7 Å². The maximum absolute atomic E-state index is 10.6. The number of carbonyl (C=O) groups is 1. The zero-order chi connectivity index (χ0) is 11.4. The lowest BCUT2D eigenvalue weighted by atomic mass is 10.3. The van der Waals surface area contributed by atoms with Crippen LogP contribution in [0.3, 0.4) is 0 Å². The third kappa shape index (κ3) is 2.80. The number of hydrogen-bond donors (Lipinski definition) is 2. The van der Waals surface area contributed by atoms with Gasteiger partial charge in [0.2, 0.25) is 0 Å². The summed E-state index contributed by atoms with van der Waals surface area (Å²) < 4.78 is 0. The van der Waals surface area contributed by atoms with Crippen molar-refractivity contribution in [3.05, 3.63) is 33.5 Å². The summed E-state index contributed by atoms with van der Waals surface area (Å²) in [7, 11) is 0. The van der Waals surface area contributed by atoms with Crippen LogP contribution in [0.2, 0.25) is 0 Å². The van der Waals surface area contributed by atoms with Gasteiger partial charge in [0.25, 0.3) is 0 Å². The predicted octanol–water partition coefficient (Wildman–Crippen LogP) is 2.56. The lowest BCUT2D eigenvalue weighted by molar-refractivity contribution is 0.0702. The van der Waals surface area contributed by atoms with E-state index in [1.165, 1.54) is 11.1 Å². The molecule has 0 aliphatic carbocycles. The van der Waals surface area contributed by atoms with Crippen LogP contribution < -0.4 is 5.32 Å². The minimum Gasteiger partial charge on any atom is -0.477 e. The van der Waals surface area contributed by atoms with Crippen LogP contribution in [-0.2, 0) is 6.42 Å². The number of rotatable bonds is 5. The van der Waals surface area contributed by atoms with E-state index in [-0.39, 0.29) is 4.88 Å². The molecule has 0 aliphatic heterocycles. The van der Waals surface area contributed by atoms with Crippen molar-refractivity contribution in [2.24, 2.45) is 0 Å². The van der Waals surface area contributed by atoms with Crippen molar-refractivity contribution in [1.82, 2.24) is 4.98 Å². The molecule has 0 saturated heterocycles. The number of carboxylic acid groups (broad SMARTS) is 1. The summed E-state index contributed by atoms with van der Waals surface area (Å²) in [5, 5.41) is 14.5. The number of aromatic carboxylic acids is 1. The van der Waals surface area contributed by atoms with Gasteiger partial charge in [-0.3, -0.25) is 0 Å². The summed E-state index contributed by atoms with van der Waals surface area (Å²) in [6, 6.07) is 4.10. The van der Waals surface area contributed by atoms with E-state index in [2.05, 4.69) is 16.4 Å². The van der Waals surface area contributed by atoms with Crippen molar-refractivity contribution in [3.63, 3.8) is 0 Å². The normalized spacial score (nSPS) is 10.2. The zero-order valence-electron chi connectivity index (χ0n) is 8.34. The molecule has 0 radical (unpaired) electrons. The molecule has 0 unspecified atom stereocenters. The number of carboxylic acids is 1. The van der Waals surface area contributed by atoms with Crippen molar-refractivity contribution < 1.29 is 9.90 Å². The molecule has 0 spiro atoms. The van der Waals surface area contributed by atoms with Crippen LogP contribution in [0.25, 0.3) is 0 Å². The van der Waals surface area contributed by atoms with E-state index in [0.29, 0.717) is 5.13 Å². The highest BCUT2D eigenvalue weighted by Gasteiger charge is 2.07. The third-order valence-electron chi connectivity index (χ3n) is 1.94. The molecule has 2 N–H and O–H groups in total. The first-order valence-corrected chi connectivity index (χ1v) is 6.40. The molecule has 2 rings (SSSR count). The van der Waals surface area contributed by atoms with Crippen molar-refractivity contribution in [2.75, 3.05) is 11.9 Å². The number of thiazole rings is 1. The number of thiophene rings is 1. The number of aromatic nitrogens is 1. The van der Waals surface area contributed by atoms with Gasteiger partial charge in [-0.05, 0) is 17.9 Å². The van der Waals surface area contributed by atoms with E-state index in [9.17, 15) is 4.79 Å². The maximum Gasteiger partial charge on any atom is 0.347 e. The van der Waals surface area contributed by atoms with Gasteiger partial charge in [-0.1, -0.05) is 17.4 Å². The smallest absolute Gasteiger partial charge is 0.347 e. The molecule has 2 heterocycles. The lowest BCUT2D eigenvalue weighted by Crippen LogP contribution is -2.03. The van der Waals surface area contributed by atoms with Gasteiger partial charge in [-0.2, -0.15) is 0 Å². The zero-order valence-corrected chi connectivity index (χ0v) is 9.98. The second-order valence-electron chi connectivity index (χ2n) is 3.09. The molecule has 0 saturated carbocycles. The van der Waals surface area contributed by atoms with Crippen LogP contribution in [0, 0.1) is 0 Å². The van der Waals surface area contributed by atoms with E-state index < -0.39 is 5.97 Å². The van der Waals surface area contributed by atoms with Gasteiger partial charge in [0.15, 0.2) is 5.13 Å². The largest absolute Gasteiger partial charge is 0.477 e. The van der Waals surface area contributed by atoms with Gasteiger partial charge in [-0.15, -0.1) is 11.3 Å². The maximum atomic E-state index is 10.6. The van der Waals surface area contributed by atoms with Crippen molar-refractivity contribution in [3.8, 4) is 0 Å². The van der Waals surface area contributed by atoms with Crippen molar-refractivity contribution in [1.29, 1.82) is 0 Å². The van der Waals surface area contributed by atoms with Gasteiger partial charge in [0.05, 0.1) is 6.20 Å². The minimum atomic E-state index is -0.927. The van der Waals surface area contributed by atoms with Crippen LogP contribution in [0.1, 0.15) is 14.5 Å². The first kappa shape index (κ1) is 11.1. The number of nitrogens with one attached hydrogen (secondary N) is 1. The molecule has 4 nitrogen and oxygen atoms in total. The van der Waals surface area contributed by atoms with Crippen LogP contribution in [-0.4, -0.2) is 22.6 Å². The molecule has 0 fully saturated rings. The Morgan fingerprint density at radius 2 is 2.44 bits per heavy atom. The van der Waals surface area contributed by atoms with E-state index in [4.69, 9.17) is 5.11 Å². The fraction of sp³-hybridized carbons (Fsp3) is 0.200. The number of anilines is 1. The Labute approximate surface area is 101 Å². The Balaban J connectivity index is 1.83. The standard InChI is InChI=1S/C10H10N2O2S2/c13-9(14)8-6-12-10(16-8)11-4-3-7-2-1-5-15-7/h1-2,5-6H,3-4H2,(H,11,12)(H,13,14). The van der Waals surface area contributed by atoms with E-state index >= 15 is 0 Å². The molecule has 2 aromatic rings. The Hall–Kier alpha value is -1.40. The third-order valence-corrected chi connectivity index (χ3v) is 3.82. The molecule has 6 heteroatoms. The second kappa shape index (κ2) is 5.09. The highest BCUT2D eigenvalue weighted by molar-refractivity contribution is 7.17. The van der Waals surface area contributed by atoms with Gasteiger partial charge in [0.1, 0.15) is 4.88 Å². The first-order chi connectivity index (χ1) is 7.75. The van der Waals surface area contributed by atoms with Crippen molar-refractivity contribution in [2.45, 2.75) is 6.42 Å². The summed E-state index contributed by atoms with van der Waals surface area (Å²) in [4.78, 5) is 16.2. The Bertz CT molecular complexity index is 465. The molecule has 0 aromatic carbocycles. The predicted molar refractivity (Wildman–Crippen MR) is 65.6 cm³/mol. The van der Waals surface area contributed by atoms with E-state index in [1.807, 2.05) is 11.4 Å². The van der Waals surface area contributed by atoms with Crippen LogP contribution in [0.5, 0.6) is 0 Å². The van der Waals surface area contributed by atoms with E-state index in [1.54, 1.807) is 11.3 Å². The molecule has 0 aliphatic rings. The molecule has 0 atom stereocenters. The summed E-state index contributed by atoms with van der Waals surface area (Å²) >= 11 is 2.88. The Kier molecular flexibility index (Phi) is 3.53. The average Bonchev–Trinajstić information content (AvgIpc) is 2.87. The topological polar surface area (TPSA) is 62.2 Å². The fourth-order valence-corrected chi connectivity index (χ4v) is 2.59. The van der Waals surface area contributed by atoms with Crippen LogP contribution in [0.4, 0.5) is 5.13 Å². The summed E-state index contributed by atoms with van der Waals surface area (Å²) in [5.74, 6) is -0.927. The molecule has 0 bridgehead atoms. The first-order valence-electron chi connectivity index (χ1n) is 4.71. The molecular formula is C10H10N2O2S2. The van der Waals surface area contributed by atoms with Gasteiger partial charge in [-0.25, -0.2) is 9.78 Å². The highest BCUT2D eigenvalue weighted by atomic mass is 32.1. The fourth-order valence-electron chi connectivity index (χ4n) is 1.20.